The van der Waals surface area contributed by atoms with Crippen LogP contribution in [0, 0.1) is 6.92 Å². The molecule has 1 N–H and O–H groups in total. The Hall–Kier alpha value is -1.56. The van der Waals surface area contributed by atoms with Crippen molar-refractivity contribution in [3.63, 3.8) is 0 Å². The zero-order valence-electron chi connectivity index (χ0n) is 9.80. The quantitative estimate of drug-likeness (QED) is 0.887. The van der Waals surface area contributed by atoms with Gasteiger partial charge in [0.2, 0.25) is 0 Å². The lowest BCUT2D eigenvalue weighted by molar-refractivity contribution is -0.137. The van der Waals surface area contributed by atoms with E-state index in [4.69, 9.17) is 0 Å². The summed E-state index contributed by atoms with van der Waals surface area (Å²) in [6.07, 6.45) is -4.32. The molecule has 96 valence electrons. The topological polar surface area (TPSA) is 24.9 Å². The third-order valence-electron chi connectivity index (χ3n) is 2.46. The molecule has 0 unspecified atom stereocenters. The molecule has 0 amide bonds. The maximum atomic E-state index is 12.6. The van der Waals surface area contributed by atoms with E-state index in [9.17, 15) is 13.2 Å². The number of halogens is 3. The molecule has 0 aliphatic heterocycles. The van der Waals surface area contributed by atoms with Crippen LogP contribution in [-0.4, -0.2) is 12.0 Å². The van der Waals surface area contributed by atoms with Gasteiger partial charge in [0, 0.05) is 7.05 Å². The van der Waals surface area contributed by atoms with Gasteiger partial charge in [-0.2, -0.15) is 13.2 Å². The van der Waals surface area contributed by atoms with Crippen LogP contribution < -0.4 is 5.32 Å². The molecule has 0 saturated carbocycles. The monoisotopic (exact) mass is 272 g/mol. The van der Waals surface area contributed by atoms with Gasteiger partial charge in [-0.05, 0) is 24.6 Å². The zero-order chi connectivity index (χ0) is 13.3. The summed E-state index contributed by atoms with van der Waals surface area (Å²) >= 11 is 1.34. The molecular weight excluding hydrogens is 261 g/mol. The van der Waals surface area contributed by atoms with Gasteiger partial charge in [0.15, 0.2) is 5.13 Å². The van der Waals surface area contributed by atoms with Crippen LogP contribution >= 0.6 is 11.3 Å². The first-order valence-corrected chi connectivity index (χ1v) is 6.06. The highest BCUT2D eigenvalue weighted by atomic mass is 32.1. The van der Waals surface area contributed by atoms with Crippen molar-refractivity contribution < 1.29 is 13.2 Å². The Morgan fingerprint density at radius 2 is 2.00 bits per heavy atom. The van der Waals surface area contributed by atoms with Crippen LogP contribution in [0.5, 0.6) is 0 Å². The third kappa shape index (κ3) is 2.48. The predicted octanol–water partition coefficient (Wildman–Crippen LogP) is 4.18. The van der Waals surface area contributed by atoms with E-state index in [1.165, 1.54) is 17.4 Å². The number of hydrogen-bond acceptors (Lipinski definition) is 3. The van der Waals surface area contributed by atoms with Crippen LogP contribution in [0.2, 0.25) is 0 Å². The van der Waals surface area contributed by atoms with Gasteiger partial charge in [-0.15, -0.1) is 0 Å². The highest BCUT2D eigenvalue weighted by Gasteiger charge is 2.30. The second-order valence-corrected chi connectivity index (χ2v) is 4.76. The molecule has 0 radical (unpaired) electrons. The van der Waals surface area contributed by atoms with E-state index in [1.807, 2.05) is 0 Å². The van der Waals surface area contributed by atoms with Gasteiger partial charge < -0.3 is 5.32 Å². The Balaban J connectivity index is 2.47. The molecule has 0 bridgehead atoms. The number of aryl methyl sites for hydroxylation is 1. The van der Waals surface area contributed by atoms with Crippen molar-refractivity contribution in [1.82, 2.24) is 4.98 Å². The summed E-state index contributed by atoms with van der Waals surface area (Å²) < 4.78 is 37.9. The molecule has 1 aromatic carbocycles. The Kier molecular flexibility index (Phi) is 3.30. The van der Waals surface area contributed by atoms with Crippen molar-refractivity contribution in [3.05, 3.63) is 35.5 Å². The second-order valence-electron chi connectivity index (χ2n) is 3.76. The lowest BCUT2D eigenvalue weighted by Gasteiger charge is -2.07. The van der Waals surface area contributed by atoms with Gasteiger partial charge in [-0.1, -0.05) is 23.5 Å². The molecule has 0 atom stereocenters. The van der Waals surface area contributed by atoms with Gasteiger partial charge in [-0.25, -0.2) is 4.98 Å². The largest absolute Gasteiger partial charge is 0.416 e. The number of hydrogen-bond donors (Lipinski definition) is 1. The van der Waals surface area contributed by atoms with Crippen LogP contribution in [-0.2, 0) is 6.18 Å². The summed E-state index contributed by atoms with van der Waals surface area (Å²) in [7, 11) is 1.73. The van der Waals surface area contributed by atoms with Crippen LogP contribution in [0.4, 0.5) is 18.3 Å². The van der Waals surface area contributed by atoms with Crippen LogP contribution in [0.1, 0.15) is 11.3 Å². The molecule has 18 heavy (non-hydrogen) atoms. The van der Waals surface area contributed by atoms with Crippen molar-refractivity contribution in [2.45, 2.75) is 13.1 Å². The number of thiazole rings is 1. The normalized spacial score (nSPS) is 11.6. The number of benzene rings is 1. The Morgan fingerprint density at radius 1 is 1.28 bits per heavy atom. The van der Waals surface area contributed by atoms with Crippen LogP contribution in [0.15, 0.2) is 24.3 Å². The average molecular weight is 272 g/mol. The van der Waals surface area contributed by atoms with Gasteiger partial charge in [-0.3, -0.25) is 0 Å². The standard InChI is InChI=1S/C12H11F3N2S/c1-7-10(18-11(16-2)17-7)8-4-3-5-9(6-8)12(13,14)15/h3-6H,1-2H3,(H,16,17). The zero-order valence-corrected chi connectivity index (χ0v) is 10.6. The lowest BCUT2D eigenvalue weighted by atomic mass is 10.1. The first-order valence-electron chi connectivity index (χ1n) is 5.24. The van der Waals surface area contributed by atoms with Crippen LogP contribution in [0.3, 0.4) is 0 Å². The maximum Gasteiger partial charge on any atom is 0.416 e. The molecule has 2 nitrogen and oxygen atoms in total. The molecule has 0 aliphatic rings. The molecule has 1 heterocycles. The number of anilines is 1. The number of aromatic nitrogens is 1. The molecule has 0 aliphatic carbocycles. The molecule has 0 saturated heterocycles. The summed E-state index contributed by atoms with van der Waals surface area (Å²) in [6.45, 7) is 1.78. The summed E-state index contributed by atoms with van der Waals surface area (Å²) in [4.78, 5) is 4.98. The molecule has 6 heteroatoms. The fourth-order valence-electron chi connectivity index (χ4n) is 1.61. The Morgan fingerprint density at radius 3 is 2.56 bits per heavy atom. The highest BCUT2D eigenvalue weighted by Crippen LogP contribution is 2.36. The summed E-state index contributed by atoms with van der Waals surface area (Å²) in [5.41, 5.74) is 0.629. The molecule has 2 aromatic rings. The van der Waals surface area contributed by atoms with Crippen molar-refractivity contribution >= 4 is 16.5 Å². The SMILES string of the molecule is CNc1nc(C)c(-c2cccc(C(F)(F)F)c2)s1. The van der Waals surface area contributed by atoms with E-state index in [2.05, 4.69) is 10.3 Å². The van der Waals surface area contributed by atoms with Crippen molar-refractivity contribution in [2.24, 2.45) is 0 Å². The average Bonchev–Trinajstić information content (AvgIpc) is 2.70. The smallest absolute Gasteiger partial charge is 0.365 e. The first kappa shape index (κ1) is 12.9. The Bertz CT molecular complexity index is 561. The van der Waals surface area contributed by atoms with Gasteiger partial charge in [0.1, 0.15) is 0 Å². The number of nitrogens with zero attached hydrogens (tertiary/aromatic N) is 1. The van der Waals surface area contributed by atoms with Gasteiger partial charge >= 0.3 is 6.18 Å². The summed E-state index contributed by atoms with van der Waals surface area (Å²) in [6, 6.07) is 5.30. The van der Waals surface area contributed by atoms with E-state index in [0.717, 1.165) is 22.7 Å². The third-order valence-corrected chi connectivity index (χ3v) is 3.69. The number of alkyl halides is 3. The van der Waals surface area contributed by atoms with E-state index < -0.39 is 11.7 Å². The molecule has 0 fully saturated rings. The first-order chi connectivity index (χ1) is 8.41. The van der Waals surface area contributed by atoms with E-state index in [-0.39, 0.29) is 0 Å². The second kappa shape index (κ2) is 4.61. The van der Waals surface area contributed by atoms with Gasteiger partial charge in [0.05, 0.1) is 16.1 Å². The predicted molar refractivity (Wildman–Crippen MR) is 66.8 cm³/mol. The van der Waals surface area contributed by atoms with Crippen molar-refractivity contribution in [1.29, 1.82) is 0 Å². The number of rotatable bonds is 2. The minimum absolute atomic E-state index is 0.543. The highest BCUT2D eigenvalue weighted by molar-refractivity contribution is 7.19. The maximum absolute atomic E-state index is 12.6. The minimum atomic E-state index is -4.32. The number of nitrogens with one attached hydrogen (secondary N) is 1. The molecule has 0 spiro atoms. The summed E-state index contributed by atoms with van der Waals surface area (Å²) in [5, 5.41) is 3.58. The van der Waals surface area contributed by atoms with Crippen molar-refractivity contribution in [2.75, 3.05) is 12.4 Å². The Labute approximate surface area is 106 Å². The van der Waals surface area contributed by atoms with Crippen LogP contribution in [0.25, 0.3) is 10.4 Å². The summed E-state index contributed by atoms with van der Waals surface area (Å²) in [5.74, 6) is 0. The van der Waals surface area contributed by atoms with Gasteiger partial charge in [0.25, 0.3) is 0 Å². The molecular formula is C12H11F3N2S. The van der Waals surface area contributed by atoms with Crippen molar-refractivity contribution in [3.8, 4) is 10.4 Å². The minimum Gasteiger partial charge on any atom is -0.365 e. The lowest BCUT2D eigenvalue weighted by Crippen LogP contribution is -2.04. The van der Waals surface area contributed by atoms with E-state index in [1.54, 1.807) is 20.0 Å². The fourth-order valence-corrected chi connectivity index (χ4v) is 2.52. The van der Waals surface area contributed by atoms with E-state index >= 15 is 0 Å². The molecule has 1 aromatic heterocycles. The van der Waals surface area contributed by atoms with E-state index in [0.29, 0.717) is 10.7 Å². The fraction of sp³-hybridized carbons (Fsp3) is 0.250. The molecule has 2 rings (SSSR count).